The normalized spacial score (nSPS) is 22.1. The SMILES string of the molecule is CCCCCCCCCCCCCC[C@@]1(C(=O)OC)OC1(C)C. The van der Waals surface area contributed by atoms with E-state index in [9.17, 15) is 4.79 Å². The minimum absolute atomic E-state index is 0.203. The van der Waals surface area contributed by atoms with E-state index in [0.717, 1.165) is 12.8 Å². The van der Waals surface area contributed by atoms with Gasteiger partial charge in [-0.1, -0.05) is 77.6 Å². The molecule has 0 spiro atoms. The Morgan fingerprint density at radius 3 is 1.57 bits per heavy atom. The van der Waals surface area contributed by atoms with E-state index < -0.39 is 5.60 Å². The van der Waals surface area contributed by atoms with Crippen LogP contribution in [0, 0.1) is 0 Å². The Balaban J connectivity index is 1.95. The van der Waals surface area contributed by atoms with Crippen LogP contribution in [0.1, 0.15) is 104 Å². The molecule has 3 nitrogen and oxygen atoms in total. The first-order valence-corrected chi connectivity index (χ1v) is 9.79. The third-order valence-corrected chi connectivity index (χ3v) is 5.26. The Morgan fingerprint density at radius 2 is 1.22 bits per heavy atom. The molecule has 0 aliphatic carbocycles. The van der Waals surface area contributed by atoms with Gasteiger partial charge in [-0.25, -0.2) is 4.79 Å². The highest BCUT2D eigenvalue weighted by Gasteiger charge is 2.69. The van der Waals surface area contributed by atoms with Crippen LogP contribution in [0.25, 0.3) is 0 Å². The van der Waals surface area contributed by atoms with E-state index in [4.69, 9.17) is 9.47 Å². The fraction of sp³-hybridized carbons (Fsp3) is 0.950. The third kappa shape index (κ3) is 6.45. The fourth-order valence-electron chi connectivity index (χ4n) is 3.53. The van der Waals surface area contributed by atoms with E-state index >= 15 is 0 Å². The molecule has 23 heavy (non-hydrogen) atoms. The molecule has 1 atom stereocenters. The van der Waals surface area contributed by atoms with Crippen LogP contribution in [0.2, 0.25) is 0 Å². The van der Waals surface area contributed by atoms with Crippen LogP contribution < -0.4 is 0 Å². The maximum atomic E-state index is 11.9. The first-order valence-electron chi connectivity index (χ1n) is 9.79. The van der Waals surface area contributed by atoms with Crippen LogP contribution in [0.4, 0.5) is 0 Å². The molecule has 0 radical (unpaired) electrons. The van der Waals surface area contributed by atoms with E-state index in [1.165, 1.54) is 77.7 Å². The highest BCUT2D eigenvalue weighted by atomic mass is 16.7. The third-order valence-electron chi connectivity index (χ3n) is 5.26. The fourth-order valence-corrected chi connectivity index (χ4v) is 3.53. The minimum Gasteiger partial charge on any atom is -0.467 e. The molecular weight excluding hydrogens is 288 g/mol. The molecule has 1 aliphatic heterocycles. The number of carbonyl (C=O) groups is 1. The maximum Gasteiger partial charge on any atom is 0.341 e. The van der Waals surface area contributed by atoms with Crippen LogP contribution >= 0.6 is 0 Å². The van der Waals surface area contributed by atoms with Crippen molar-refractivity contribution in [3.8, 4) is 0 Å². The van der Waals surface area contributed by atoms with Gasteiger partial charge in [0.15, 0.2) is 5.60 Å². The predicted octanol–water partition coefficient (Wildman–Crippen LogP) is 5.80. The standard InChI is InChI=1S/C20H38O3/c1-5-6-7-8-9-10-11-12-13-14-15-16-17-20(18(21)22-4)19(2,3)23-20/h5-17H2,1-4H3/t20-/m0/s1. The second-order valence-electron chi connectivity index (χ2n) is 7.57. The number of carbonyl (C=O) groups excluding carboxylic acids is 1. The molecular formula is C20H38O3. The largest absolute Gasteiger partial charge is 0.467 e. The minimum atomic E-state index is -0.666. The molecule has 1 rings (SSSR count). The number of esters is 1. The van der Waals surface area contributed by atoms with Crippen LogP contribution in [0.15, 0.2) is 0 Å². The van der Waals surface area contributed by atoms with Gasteiger partial charge >= 0.3 is 5.97 Å². The second-order valence-corrected chi connectivity index (χ2v) is 7.57. The number of unbranched alkanes of at least 4 members (excludes halogenated alkanes) is 11. The Morgan fingerprint density at radius 1 is 0.826 bits per heavy atom. The smallest absolute Gasteiger partial charge is 0.341 e. The predicted molar refractivity (Wildman–Crippen MR) is 95.6 cm³/mol. The summed E-state index contributed by atoms with van der Waals surface area (Å²) in [6.07, 6.45) is 16.7. The molecule has 0 N–H and O–H groups in total. The lowest BCUT2D eigenvalue weighted by Gasteiger charge is -2.12. The monoisotopic (exact) mass is 326 g/mol. The van der Waals surface area contributed by atoms with Crippen LogP contribution in [-0.4, -0.2) is 24.3 Å². The van der Waals surface area contributed by atoms with Gasteiger partial charge in [0.05, 0.1) is 7.11 Å². The average Bonchev–Trinajstić information content (AvgIpc) is 3.10. The Labute approximate surface area is 143 Å². The van der Waals surface area contributed by atoms with Crippen molar-refractivity contribution in [2.45, 2.75) is 115 Å². The number of ether oxygens (including phenoxy) is 2. The molecule has 0 aromatic rings. The summed E-state index contributed by atoms with van der Waals surface area (Å²) in [5.41, 5.74) is -1.02. The first-order chi connectivity index (χ1) is 11.0. The van der Waals surface area contributed by atoms with E-state index in [1.54, 1.807) is 0 Å². The Kier molecular flexibility index (Phi) is 9.19. The quantitative estimate of drug-likeness (QED) is 0.230. The van der Waals surface area contributed by atoms with Gasteiger partial charge in [-0.15, -0.1) is 0 Å². The number of hydrogen-bond donors (Lipinski definition) is 0. The summed E-state index contributed by atoms with van der Waals surface area (Å²) in [7, 11) is 1.45. The zero-order valence-electron chi connectivity index (χ0n) is 15.9. The summed E-state index contributed by atoms with van der Waals surface area (Å²) in [6, 6.07) is 0. The lowest BCUT2D eigenvalue weighted by Crippen LogP contribution is -2.32. The van der Waals surface area contributed by atoms with Crippen molar-refractivity contribution in [1.29, 1.82) is 0 Å². The van der Waals surface area contributed by atoms with E-state index in [1.807, 2.05) is 13.8 Å². The van der Waals surface area contributed by atoms with Crippen molar-refractivity contribution in [2.75, 3.05) is 7.11 Å². The van der Waals surface area contributed by atoms with Gasteiger partial charge in [-0.3, -0.25) is 0 Å². The van der Waals surface area contributed by atoms with E-state index in [2.05, 4.69) is 6.92 Å². The molecule has 1 fully saturated rings. The van der Waals surface area contributed by atoms with Gasteiger partial charge in [-0.05, 0) is 26.7 Å². The average molecular weight is 327 g/mol. The van der Waals surface area contributed by atoms with Gasteiger partial charge in [0.1, 0.15) is 5.60 Å². The van der Waals surface area contributed by atoms with Crippen molar-refractivity contribution in [3.05, 3.63) is 0 Å². The number of epoxide rings is 1. The van der Waals surface area contributed by atoms with Crippen LogP contribution in [-0.2, 0) is 14.3 Å². The van der Waals surface area contributed by atoms with Crippen molar-refractivity contribution in [1.82, 2.24) is 0 Å². The topological polar surface area (TPSA) is 38.8 Å². The van der Waals surface area contributed by atoms with Gasteiger partial charge in [-0.2, -0.15) is 0 Å². The van der Waals surface area contributed by atoms with Crippen molar-refractivity contribution in [3.63, 3.8) is 0 Å². The summed E-state index contributed by atoms with van der Waals surface area (Å²) in [5.74, 6) is -0.203. The Bertz CT molecular complexity index is 338. The van der Waals surface area contributed by atoms with Gasteiger partial charge < -0.3 is 9.47 Å². The number of methoxy groups -OCH3 is 1. The second kappa shape index (κ2) is 10.3. The lowest BCUT2D eigenvalue weighted by molar-refractivity contribution is -0.147. The van der Waals surface area contributed by atoms with Crippen molar-refractivity contribution < 1.29 is 14.3 Å². The van der Waals surface area contributed by atoms with Crippen LogP contribution in [0.3, 0.4) is 0 Å². The molecule has 0 amide bonds. The molecule has 136 valence electrons. The molecule has 0 aromatic carbocycles. The molecule has 1 aliphatic rings. The highest BCUT2D eigenvalue weighted by molar-refractivity contribution is 5.84. The number of hydrogen-bond acceptors (Lipinski definition) is 3. The number of rotatable bonds is 14. The first kappa shape index (κ1) is 20.5. The summed E-state index contributed by atoms with van der Waals surface area (Å²) in [5, 5.41) is 0. The van der Waals surface area contributed by atoms with E-state index in [0.29, 0.717) is 0 Å². The summed E-state index contributed by atoms with van der Waals surface area (Å²) in [4.78, 5) is 11.9. The molecule has 0 bridgehead atoms. The van der Waals surface area contributed by atoms with Crippen molar-refractivity contribution in [2.24, 2.45) is 0 Å². The van der Waals surface area contributed by atoms with Crippen LogP contribution in [0.5, 0.6) is 0 Å². The molecule has 0 aromatic heterocycles. The zero-order chi connectivity index (χ0) is 17.2. The lowest BCUT2D eigenvalue weighted by atomic mass is 9.90. The summed E-state index contributed by atoms with van der Waals surface area (Å²) < 4.78 is 10.6. The maximum absolute atomic E-state index is 11.9. The summed E-state index contributed by atoms with van der Waals surface area (Å²) in [6.45, 7) is 6.22. The molecule has 0 unspecified atom stereocenters. The van der Waals surface area contributed by atoms with Crippen molar-refractivity contribution >= 4 is 5.97 Å². The molecule has 0 saturated carbocycles. The Hall–Kier alpha value is -0.570. The zero-order valence-corrected chi connectivity index (χ0v) is 15.9. The van der Waals surface area contributed by atoms with E-state index in [-0.39, 0.29) is 11.6 Å². The highest BCUT2D eigenvalue weighted by Crippen LogP contribution is 2.51. The van der Waals surface area contributed by atoms with Gasteiger partial charge in [0.2, 0.25) is 0 Å². The molecule has 3 heteroatoms. The molecule has 1 saturated heterocycles. The van der Waals surface area contributed by atoms with Gasteiger partial charge in [0.25, 0.3) is 0 Å². The van der Waals surface area contributed by atoms with Gasteiger partial charge in [0, 0.05) is 0 Å². The molecule has 1 heterocycles. The summed E-state index contributed by atoms with van der Waals surface area (Å²) >= 11 is 0.